The summed E-state index contributed by atoms with van der Waals surface area (Å²) in [7, 11) is 6.42. The molecule has 208 valence electrons. The van der Waals surface area contributed by atoms with Crippen LogP contribution in [0.4, 0.5) is 0 Å². The van der Waals surface area contributed by atoms with Crippen molar-refractivity contribution in [1.29, 1.82) is 0 Å². The molecule has 3 heterocycles. The van der Waals surface area contributed by atoms with E-state index < -0.39 is 0 Å². The van der Waals surface area contributed by atoms with E-state index in [1.54, 1.807) is 46.9 Å². The molecule has 41 heavy (non-hydrogen) atoms. The van der Waals surface area contributed by atoms with Crippen LogP contribution in [0.25, 0.3) is 32.9 Å². The molecule has 3 aromatic carbocycles. The molecule has 0 atom stereocenters. The minimum Gasteiger partial charge on any atom is -0.493 e. The summed E-state index contributed by atoms with van der Waals surface area (Å²) in [4.78, 5) is 0. The molecule has 0 aliphatic carbocycles. The van der Waals surface area contributed by atoms with Gasteiger partial charge in [0.25, 0.3) is 0 Å². The zero-order valence-electron chi connectivity index (χ0n) is 22.9. The lowest BCUT2D eigenvalue weighted by molar-refractivity contribution is 0.355. The average molecular weight is 615 g/mol. The Labute approximate surface area is 245 Å². The predicted molar refractivity (Wildman–Crippen MR) is 160 cm³/mol. The Morgan fingerprint density at radius 2 is 1.24 bits per heavy atom. The molecular formula is C30H27BrN6O4. The molecule has 0 saturated heterocycles. The lowest BCUT2D eigenvalue weighted by Gasteiger charge is -2.10. The first kappa shape index (κ1) is 27.8. The van der Waals surface area contributed by atoms with E-state index in [4.69, 9.17) is 18.9 Å². The van der Waals surface area contributed by atoms with Gasteiger partial charge in [-0.15, -0.1) is 0 Å². The van der Waals surface area contributed by atoms with Gasteiger partial charge in [-0.3, -0.25) is 4.68 Å². The molecule has 10 nitrogen and oxygen atoms in total. The molecule has 0 amide bonds. The zero-order chi connectivity index (χ0) is 28.8. The number of ether oxygens (including phenoxy) is 4. The number of benzene rings is 3. The lowest BCUT2D eigenvalue weighted by Crippen LogP contribution is -1.99. The Hall–Kier alpha value is -4.77. The van der Waals surface area contributed by atoms with Crippen LogP contribution in [0.5, 0.6) is 23.0 Å². The number of rotatable bonds is 7. The van der Waals surface area contributed by atoms with Gasteiger partial charge in [-0.2, -0.15) is 25.5 Å². The first-order valence-electron chi connectivity index (χ1n) is 12.5. The molecule has 0 saturated carbocycles. The number of hydrogen-bond donors (Lipinski definition) is 0. The van der Waals surface area contributed by atoms with Gasteiger partial charge in [-0.25, -0.2) is 0 Å². The van der Waals surface area contributed by atoms with Gasteiger partial charge < -0.3 is 18.9 Å². The lowest BCUT2D eigenvalue weighted by atomic mass is 10.1. The second kappa shape index (κ2) is 12.6. The van der Waals surface area contributed by atoms with Crippen molar-refractivity contribution in [3.05, 3.63) is 89.4 Å². The van der Waals surface area contributed by atoms with Crippen molar-refractivity contribution in [3.63, 3.8) is 0 Å². The van der Waals surface area contributed by atoms with Crippen molar-refractivity contribution >= 4 is 37.7 Å². The van der Waals surface area contributed by atoms with Gasteiger partial charge >= 0.3 is 0 Å². The summed E-state index contributed by atoms with van der Waals surface area (Å²) in [6.07, 6.45) is 7.25. The Balaban J connectivity index is 0.000000191. The van der Waals surface area contributed by atoms with Crippen LogP contribution in [0, 0.1) is 0 Å². The smallest absolute Gasteiger partial charge is 0.162 e. The molecule has 11 heteroatoms. The molecule has 0 aliphatic heterocycles. The second-order valence-electron chi connectivity index (χ2n) is 8.81. The minimum absolute atomic E-state index is 0.631. The third kappa shape index (κ3) is 6.04. The van der Waals surface area contributed by atoms with Crippen LogP contribution in [0.1, 0.15) is 5.56 Å². The summed E-state index contributed by atoms with van der Waals surface area (Å²) < 4.78 is 24.0. The van der Waals surface area contributed by atoms with Crippen molar-refractivity contribution in [1.82, 2.24) is 30.2 Å². The van der Waals surface area contributed by atoms with Crippen molar-refractivity contribution in [2.45, 2.75) is 6.54 Å². The highest BCUT2D eigenvalue weighted by atomic mass is 79.9. The number of nitrogens with zero attached hydrogens (tertiary/aromatic N) is 6. The maximum atomic E-state index is 5.43. The second-order valence-corrected chi connectivity index (χ2v) is 9.67. The number of methoxy groups -OCH3 is 4. The summed E-state index contributed by atoms with van der Waals surface area (Å²) in [5, 5.41) is 22.6. The molecule has 0 N–H and O–H groups in total. The van der Waals surface area contributed by atoms with E-state index in [-0.39, 0.29) is 0 Å². The normalized spacial score (nSPS) is 10.7. The molecule has 0 radical (unpaired) electrons. The van der Waals surface area contributed by atoms with Crippen LogP contribution >= 0.6 is 15.9 Å². The van der Waals surface area contributed by atoms with E-state index >= 15 is 0 Å². The maximum Gasteiger partial charge on any atom is 0.162 e. The van der Waals surface area contributed by atoms with Crippen molar-refractivity contribution in [2.75, 3.05) is 28.4 Å². The monoisotopic (exact) mass is 614 g/mol. The van der Waals surface area contributed by atoms with Gasteiger partial charge in [0.05, 0.1) is 64.6 Å². The van der Waals surface area contributed by atoms with Gasteiger partial charge in [0, 0.05) is 44.7 Å². The first-order valence-corrected chi connectivity index (χ1v) is 13.3. The van der Waals surface area contributed by atoms with E-state index in [1.165, 1.54) is 5.56 Å². The van der Waals surface area contributed by atoms with Crippen molar-refractivity contribution < 1.29 is 18.9 Å². The summed E-state index contributed by atoms with van der Waals surface area (Å²) >= 11 is 3.41. The van der Waals surface area contributed by atoms with E-state index in [2.05, 4.69) is 53.6 Å². The standard InChI is InChI=1S/C20H18N4O2.C10H9BrN2O2/c1-25-19-8-16-17(11-21-23-18(16)9-20(19)26-2)15-10-22-24(13-15)12-14-6-4-3-5-7-14;1-14-9-3-6-7(11)5-12-13-8(6)4-10(9)15-2/h3-11,13H,12H2,1-2H3;3-5H,1-2H3. The Kier molecular flexibility index (Phi) is 8.54. The highest BCUT2D eigenvalue weighted by Gasteiger charge is 2.13. The molecule has 0 unspecified atom stereocenters. The topological polar surface area (TPSA) is 106 Å². The molecule has 0 bridgehead atoms. The minimum atomic E-state index is 0.631. The van der Waals surface area contributed by atoms with Crippen molar-refractivity contribution in [3.8, 4) is 34.1 Å². The van der Waals surface area contributed by atoms with Crippen LogP contribution in [0.3, 0.4) is 0 Å². The van der Waals surface area contributed by atoms with Gasteiger partial charge in [0.2, 0.25) is 0 Å². The molecule has 3 aromatic heterocycles. The average Bonchev–Trinajstić information content (AvgIpc) is 3.48. The van der Waals surface area contributed by atoms with Crippen LogP contribution in [0.2, 0.25) is 0 Å². The van der Waals surface area contributed by atoms with Crippen LogP contribution in [-0.2, 0) is 6.54 Å². The van der Waals surface area contributed by atoms with Gasteiger partial charge in [-0.1, -0.05) is 30.3 Å². The van der Waals surface area contributed by atoms with Gasteiger partial charge in [0.15, 0.2) is 23.0 Å². The van der Waals surface area contributed by atoms with E-state index in [1.807, 2.05) is 53.5 Å². The maximum absolute atomic E-state index is 5.43. The fraction of sp³-hybridized carbons (Fsp3) is 0.167. The molecule has 6 aromatic rings. The molecule has 0 spiro atoms. The number of hydrogen-bond acceptors (Lipinski definition) is 9. The molecule has 0 fully saturated rings. The fourth-order valence-corrected chi connectivity index (χ4v) is 4.74. The van der Waals surface area contributed by atoms with Crippen LogP contribution < -0.4 is 18.9 Å². The summed E-state index contributed by atoms with van der Waals surface area (Å²) in [5.74, 6) is 2.62. The van der Waals surface area contributed by atoms with E-state index in [9.17, 15) is 0 Å². The SMILES string of the molecule is COc1cc2nncc(-c3cnn(Cc4ccccc4)c3)c2cc1OC.COc1cc2nncc(Br)c2cc1OC. The molecular weight excluding hydrogens is 588 g/mol. The first-order chi connectivity index (χ1) is 20.0. The number of fused-ring (bicyclic) bond motifs is 2. The van der Waals surface area contributed by atoms with Crippen LogP contribution in [0.15, 0.2) is 83.9 Å². The number of aromatic nitrogens is 6. The Morgan fingerprint density at radius 1 is 0.683 bits per heavy atom. The Morgan fingerprint density at radius 3 is 1.88 bits per heavy atom. The molecule has 6 rings (SSSR count). The third-order valence-electron chi connectivity index (χ3n) is 6.37. The summed E-state index contributed by atoms with van der Waals surface area (Å²) in [6.45, 7) is 0.717. The van der Waals surface area contributed by atoms with E-state index in [0.717, 1.165) is 37.4 Å². The number of halogens is 1. The quantitative estimate of drug-likeness (QED) is 0.215. The zero-order valence-corrected chi connectivity index (χ0v) is 24.5. The summed E-state index contributed by atoms with van der Waals surface area (Å²) in [6, 6.07) is 17.7. The molecule has 0 aliphatic rings. The largest absolute Gasteiger partial charge is 0.493 e. The fourth-order valence-electron chi connectivity index (χ4n) is 4.33. The predicted octanol–water partition coefficient (Wildman–Crippen LogP) is 5.97. The van der Waals surface area contributed by atoms with Gasteiger partial charge in [0.1, 0.15) is 0 Å². The third-order valence-corrected chi connectivity index (χ3v) is 7.00. The van der Waals surface area contributed by atoms with E-state index in [0.29, 0.717) is 29.5 Å². The van der Waals surface area contributed by atoms with Crippen molar-refractivity contribution in [2.24, 2.45) is 0 Å². The Bertz CT molecular complexity index is 1800. The van der Waals surface area contributed by atoms with Crippen LogP contribution in [-0.4, -0.2) is 58.6 Å². The highest BCUT2D eigenvalue weighted by molar-refractivity contribution is 9.10. The highest BCUT2D eigenvalue weighted by Crippen LogP contribution is 2.36. The summed E-state index contributed by atoms with van der Waals surface area (Å²) in [5.41, 5.74) is 4.65. The van der Waals surface area contributed by atoms with Gasteiger partial charge in [-0.05, 0) is 33.6 Å².